The molecule has 2 saturated heterocycles. The van der Waals surface area contributed by atoms with E-state index < -0.39 is 0 Å². The minimum absolute atomic E-state index is 0.0977. The molecule has 2 heterocycles. The number of anilines is 2. The van der Waals surface area contributed by atoms with Gasteiger partial charge in [0.2, 0.25) is 5.91 Å². The van der Waals surface area contributed by atoms with Crippen molar-refractivity contribution < 1.29 is 9.53 Å². The molecule has 0 aromatic heterocycles. The Morgan fingerprint density at radius 3 is 2.38 bits per heavy atom. The summed E-state index contributed by atoms with van der Waals surface area (Å²) >= 11 is 0. The fourth-order valence-corrected chi connectivity index (χ4v) is 3.11. The summed E-state index contributed by atoms with van der Waals surface area (Å²) in [6.45, 7) is 3.69. The molecule has 0 spiro atoms. The highest BCUT2D eigenvalue weighted by atomic mass is 16.5. The van der Waals surface area contributed by atoms with Crippen LogP contribution >= 0.6 is 0 Å². The maximum absolute atomic E-state index is 12.2. The Balaban J connectivity index is 1.57. The van der Waals surface area contributed by atoms with Gasteiger partial charge < -0.3 is 15.0 Å². The topological polar surface area (TPSA) is 41.6 Å². The van der Waals surface area contributed by atoms with Crippen LogP contribution in [0.4, 0.5) is 11.4 Å². The SMILES string of the molecule is O=C(Nc1ccc(N2CCCCC2)cc1)C1CCOCC1. The fourth-order valence-electron chi connectivity index (χ4n) is 3.11. The molecule has 2 fully saturated rings. The van der Waals surface area contributed by atoms with Crippen LogP contribution in [-0.4, -0.2) is 32.2 Å². The summed E-state index contributed by atoms with van der Waals surface area (Å²) in [4.78, 5) is 14.6. The highest BCUT2D eigenvalue weighted by Gasteiger charge is 2.21. The predicted octanol–water partition coefficient (Wildman–Crippen LogP) is 3.04. The molecule has 3 rings (SSSR count). The predicted molar refractivity (Wildman–Crippen MR) is 84.7 cm³/mol. The molecule has 21 heavy (non-hydrogen) atoms. The average Bonchev–Trinajstić information content (AvgIpc) is 2.57. The zero-order chi connectivity index (χ0) is 14.5. The summed E-state index contributed by atoms with van der Waals surface area (Å²) in [6, 6.07) is 8.26. The second-order valence-electron chi connectivity index (χ2n) is 5.97. The number of hydrogen-bond acceptors (Lipinski definition) is 3. The minimum atomic E-state index is 0.0977. The van der Waals surface area contributed by atoms with Gasteiger partial charge in [0.25, 0.3) is 0 Å². The van der Waals surface area contributed by atoms with E-state index in [9.17, 15) is 4.79 Å². The van der Waals surface area contributed by atoms with Crippen LogP contribution < -0.4 is 10.2 Å². The largest absolute Gasteiger partial charge is 0.381 e. The lowest BCUT2D eigenvalue weighted by atomic mass is 9.99. The first kappa shape index (κ1) is 14.4. The number of piperidine rings is 1. The van der Waals surface area contributed by atoms with Crippen LogP contribution in [0.15, 0.2) is 24.3 Å². The zero-order valence-corrected chi connectivity index (χ0v) is 12.5. The van der Waals surface area contributed by atoms with Crippen molar-refractivity contribution in [1.82, 2.24) is 0 Å². The molecule has 2 aliphatic rings. The van der Waals surface area contributed by atoms with Crippen LogP contribution in [0, 0.1) is 5.92 Å². The normalized spacial score (nSPS) is 20.3. The van der Waals surface area contributed by atoms with Crippen molar-refractivity contribution in [3.63, 3.8) is 0 Å². The number of amides is 1. The van der Waals surface area contributed by atoms with E-state index in [1.54, 1.807) is 0 Å². The molecule has 0 atom stereocenters. The number of nitrogens with one attached hydrogen (secondary N) is 1. The molecule has 0 unspecified atom stereocenters. The smallest absolute Gasteiger partial charge is 0.227 e. The maximum Gasteiger partial charge on any atom is 0.227 e. The number of ether oxygens (including phenoxy) is 1. The van der Waals surface area contributed by atoms with Crippen LogP contribution in [0.25, 0.3) is 0 Å². The molecule has 1 N–H and O–H groups in total. The van der Waals surface area contributed by atoms with E-state index >= 15 is 0 Å². The van der Waals surface area contributed by atoms with Gasteiger partial charge in [0.1, 0.15) is 0 Å². The van der Waals surface area contributed by atoms with Gasteiger partial charge in [-0.2, -0.15) is 0 Å². The third-order valence-corrected chi connectivity index (χ3v) is 4.45. The molecular weight excluding hydrogens is 264 g/mol. The Kier molecular flexibility index (Phi) is 4.76. The lowest BCUT2D eigenvalue weighted by Gasteiger charge is -2.29. The van der Waals surface area contributed by atoms with Crippen LogP contribution in [0.2, 0.25) is 0 Å². The van der Waals surface area contributed by atoms with Crippen molar-refractivity contribution in [2.75, 3.05) is 36.5 Å². The van der Waals surface area contributed by atoms with E-state index in [0.29, 0.717) is 13.2 Å². The molecule has 4 nitrogen and oxygen atoms in total. The number of rotatable bonds is 3. The average molecular weight is 288 g/mol. The number of carbonyl (C=O) groups is 1. The number of nitrogens with zero attached hydrogens (tertiary/aromatic N) is 1. The molecule has 1 aromatic rings. The molecule has 0 bridgehead atoms. The molecule has 4 heteroatoms. The van der Waals surface area contributed by atoms with Gasteiger partial charge in [0, 0.05) is 43.6 Å². The molecule has 0 saturated carbocycles. The van der Waals surface area contributed by atoms with Crippen molar-refractivity contribution in [3.8, 4) is 0 Å². The molecule has 2 aliphatic heterocycles. The highest BCUT2D eigenvalue weighted by Crippen LogP contribution is 2.23. The van der Waals surface area contributed by atoms with Crippen molar-refractivity contribution in [3.05, 3.63) is 24.3 Å². The first-order valence-corrected chi connectivity index (χ1v) is 8.06. The number of benzene rings is 1. The first-order chi connectivity index (χ1) is 10.3. The Hall–Kier alpha value is -1.55. The van der Waals surface area contributed by atoms with E-state index in [-0.39, 0.29) is 11.8 Å². The van der Waals surface area contributed by atoms with E-state index in [2.05, 4.69) is 22.3 Å². The van der Waals surface area contributed by atoms with Crippen molar-refractivity contribution in [1.29, 1.82) is 0 Å². The second-order valence-corrected chi connectivity index (χ2v) is 5.97. The summed E-state index contributed by atoms with van der Waals surface area (Å²) in [6.07, 6.45) is 5.57. The Morgan fingerprint density at radius 1 is 1.05 bits per heavy atom. The van der Waals surface area contributed by atoms with Gasteiger partial charge in [0.05, 0.1) is 0 Å². The third-order valence-electron chi connectivity index (χ3n) is 4.45. The Labute approximate surface area is 126 Å². The van der Waals surface area contributed by atoms with Crippen molar-refractivity contribution in [2.45, 2.75) is 32.1 Å². The van der Waals surface area contributed by atoms with Gasteiger partial charge >= 0.3 is 0 Å². The summed E-state index contributed by atoms with van der Waals surface area (Å²) < 4.78 is 5.30. The summed E-state index contributed by atoms with van der Waals surface area (Å²) in [7, 11) is 0. The maximum atomic E-state index is 12.2. The number of carbonyl (C=O) groups excluding carboxylic acids is 1. The van der Waals surface area contributed by atoms with Crippen LogP contribution in [0.1, 0.15) is 32.1 Å². The van der Waals surface area contributed by atoms with Crippen LogP contribution in [0.5, 0.6) is 0 Å². The Morgan fingerprint density at radius 2 is 1.71 bits per heavy atom. The summed E-state index contributed by atoms with van der Waals surface area (Å²) in [5.74, 6) is 0.226. The van der Waals surface area contributed by atoms with Gasteiger partial charge in [-0.1, -0.05) is 0 Å². The van der Waals surface area contributed by atoms with Gasteiger partial charge in [-0.3, -0.25) is 4.79 Å². The molecule has 0 radical (unpaired) electrons. The highest BCUT2D eigenvalue weighted by molar-refractivity contribution is 5.92. The van der Waals surface area contributed by atoms with Crippen LogP contribution in [-0.2, 0) is 9.53 Å². The van der Waals surface area contributed by atoms with Crippen LogP contribution in [0.3, 0.4) is 0 Å². The number of hydrogen-bond donors (Lipinski definition) is 1. The summed E-state index contributed by atoms with van der Waals surface area (Å²) in [5, 5.41) is 3.03. The molecular formula is C17H24N2O2. The molecule has 1 aromatic carbocycles. The molecule has 1 amide bonds. The van der Waals surface area contributed by atoms with Gasteiger partial charge in [-0.05, 0) is 56.4 Å². The van der Waals surface area contributed by atoms with E-state index in [0.717, 1.165) is 31.6 Å². The monoisotopic (exact) mass is 288 g/mol. The first-order valence-electron chi connectivity index (χ1n) is 8.06. The van der Waals surface area contributed by atoms with E-state index in [1.165, 1.54) is 24.9 Å². The molecule has 114 valence electrons. The lowest BCUT2D eigenvalue weighted by molar-refractivity contribution is -0.122. The summed E-state index contributed by atoms with van der Waals surface area (Å²) in [5.41, 5.74) is 2.16. The second kappa shape index (κ2) is 6.94. The van der Waals surface area contributed by atoms with Gasteiger partial charge in [0.15, 0.2) is 0 Å². The van der Waals surface area contributed by atoms with E-state index in [1.807, 2.05) is 12.1 Å². The van der Waals surface area contributed by atoms with Gasteiger partial charge in [-0.25, -0.2) is 0 Å². The third kappa shape index (κ3) is 3.76. The van der Waals surface area contributed by atoms with Gasteiger partial charge in [-0.15, -0.1) is 0 Å². The van der Waals surface area contributed by atoms with Crippen molar-refractivity contribution in [2.24, 2.45) is 5.92 Å². The van der Waals surface area contributed by atoms with E-state index in [4.69, 9.17) is 4.74 Å². The lowest BCUT2D eigenvalue weighted by Crippen LogP contribution is -2.29. The fraction of sp³-hybridized carbons (Fsp3) is 0.588. The molecule has 0 aliphatic carbocycles. The van der Waals surface area contributed by atoms with Crippen molar-refractivity contribution >= 4 is 17.3 Å². The Bertz CT molecular complexity index is 460. The quantitative estimate of drug-likeness (QED) is 0.929. The zero-order valence-electron chi connectivity index (χ0n) is 12.5. The minimum Gasteiger partial charge on any atom is -0.381 e. The standard InChI is InChI=1S/C17H24N2O2/c20-17(14-8-12-21-13-9-14)18-15-4-6-16(7-5-15)19-10-2-1-3-11-19/h4-7,14H,1-3,8-13H2,(H,18,20).